The molecule has 0 fully saturated rings. The van der Waals surface area contributed by atoms with Crippen molar-refractivity contribution in [1.29, 1.82) is 5.26 Å². The van der Waals surface area contributed by atoms with Gasteiger partial charge in [-0.3, -0.25) is 0 Å². The number of ether oxygens (including phenoxy) is 1. The minimum Gasteiger partial charge on any atom is -0.489 e. The summed E-state index contributed by atoms with van der Waals surface area (Å²) < 4.78 is 5.83. The predicted octanol–water partition coefficient (Wildman–Crippen LogP) is 6.50. The summed E-state index contributed by atoms with van der Waals surface area (Å²) in [6.45, 7) is 2.71. The zero-order chi connectivity index (χ0) is 21.0. The van der Waals surface area contributed by atoms with Crippen LogP contribution in [0.1, 0.15) is 62.1 Å². The van der Waals surface area contributed by atoms with E-state index in [1.54, 1.807) is 12.1 Å². The molecule has 154 valence electrons. The van der Waals surface area contributed by atoms with Crippen molar-refractivity contribution in [2.75, 3.05) is 0 Å². The van der Waals surface area contributed by atoms with Gasteiger partial charge >= 0.3 is 0 Å². The molecule has 0 radical (unpaired) electrons. The maximum absolute atomic E-state index is 8.85. The van der Waals surface area contributed by atoms with E-state index >= 15 is 0 Å². The minimum absolute atomic E-state index is 0.467. The molecule has 0 spiro atoms. The molecule has 0 atom stereocenters. The van der Waals surface area contributed by atoms with Gasteiger partial charge in [0.25, 0.3) is 0 Å². The third-order valence-electron chi connectivity index (χ3n) is 5.13. The summed E-state index contributed by atoms with van der Waals surface area (Å²) in [6.07, 6.45) is 12.7. The smallest absolute Gasteiger partial charge is 0.159 e. The lowest BCUT2D eigenvalue weighted by atomic mass is 10.1. The molecule has 0 aliphatic carbocycles. The van der Waals surface area contributed by atoms with Gasteiger partial charge in [0.15, 0.2) is 5.82 Å². The van der Waals surface area contributed by atoms with E-state index in [0.29, 0.717) is 12.2 Å². The lowest BCUT2D eigenvalue weighted by Crippen LogP contribution is -1.96. The van der Waals surface area contributed by atoms with Crippen molar-refractivity contribution in [2.24, 2.45) is 0 Å². The van der Waals surface area contributed by atoms with Crippen LogP contribution in [-0.4, -0.2) is 9.97 Å². The van der Waals surface area contributed by atoms with Crippen molar-refractivity contribution in [3.05, 3.63) is 77.6 Å². The fraction of sp³-hybridized carbons (Fsp3) is 0.346. The molecule has 0 aliphatic rings. The Labute approximate surface area is 179 Å². The first-order valence-corrected chi connectivity index (χ1v) is 10.8. The second-order valence-electron chi connectivity index (χ2n) is 7.55. The highest BCUT2D eigenvalue weighted by Crippen LogP contribution is 2.20. The van der Waals surface area contributed by atoms with Crippen molar-refractivity contribution >= 4 is 0 Å². The van der Waals surface area contributed by atoms with Crippen molar-refractivity contribution in [3.8, 4) is 23.2 Å². The van der Waals surface area contributed by atoms with Crippen LogP contribution in [0.25, 0.3) is 11.4 Å². The van der Waals surface area contributed by atoms with Crippen LogP contribution in [0, 0.1) is 11.3 Å². The highest BCUT2D eigenvalue weighted by atomic mass is 16.5. The Bertz CT molecular complexity index is 926. The van der Waals surface area contributed by atoms with E-state index in [4.69, 9.17) is 10.00 Å². The maximum atomic E-state index is 8.85. The van der Waals surface area contributed by atoms with Gasteiger partial charge in [0, 0.05) is 18.0 Å². The topological polar surface area (TPSA) is 58.8 Å². The maximum Gasteiger partial charge on any atom is 0.159 e. The highest BCUT2D eigenvalue weighted by Gasteiger charge is 2.03. The molecule has 0 saturated carbocycles. The average Bonchev–Trinajstić information content (AvgIpc) is 2.81. The third-order valence-corrected chi connectivity index (χ3v) is 5.13. The van der Waals surface area contributed by atoms with Crippen LogP contribution in [-0.2, 0) is 13.0 Å². The van der Waals surface area contributed by atoms with Crippen molar-refractivity contribution in [1.82, 2.24) is 9.97 Å². The van der Waals surface area contributed by atoms with E-state index in [2.05, 4.69) is 23.0 Å². The van der Waals surface area contributed by atoms with Gasteiger partial charge in [-0.2, -0.15) is 5.26 Å². The monoisotopic (exact) mass is 399 g/mol. The van der Waals surface area contributed by atoms with E-state index in [1.165, 1.54) is 44.1 Å². The summed E-state index contributed by atoms with van der Waals surface area (Å²) in [5.74, 6) is 1.53. The molecule has 4 nitrogen and oxygen atoms in total. The summed E-state index contributed by atoms with van der Waals surface area (Å²) in [5, 5.41) is 8.85. The summed E-state index contributed by atoms with van der Waals surface area (Å²) in [6, 6.07) is 17.4. The number of nitrogens with zero attached hydrogens (tertiary/aromatic N) is 3. The summed E-state index contributed by atoms with van der Waals surface area (Å²) in [5.41, 5.74) is 3.87. The lowest BCUT2D eigenvalue weighted by molar-refractivity contribution is 0.306. The molecule has 0 aliphatic heterocycles. The molecular weight excluding hydrogens is 370 g/mol. The average molecular weight is 400 g/mol. The molecule has 1 aromatic heterocycles. The Balaban J connectivity index is 1.47. The molecule has 1 heterocycles. The van der Waals surface area contributed by atoms with Crippen molar-refractivity contribution in [2.45, 2.75) is 58.5 Å². The number of benzene rings is 2. The van der Waals surface area contributed by atoms with E-state index < -0.39 is 0 Å². The van der Waals surface area contributed by atoms with E-state index in [9.17, 15) is 0 Å². The number of hydrogen-bond acceptors (Lipinski definition) is 4. The summed E-state index contributed by atoms with van der Waals surface area (Å²) in [7, 11) is 0. The van der Waals surface area contributed by atoms with Gasteiger partial charge in [0.1, 0.15) is 12.4 Å². The summed E-state index contributed by atoms with van der Waals surface area (Å²) in [4.78, 5) is 9.08. The molecule has 0 bridgehead atoms. The Morgan fingerprint density at radius 1 is 0.800 bits per heavy atom. The number of rotatable bonds is 11. The fourth-order valence-electron chi connectivity index (χ4n) is 3.28. The van der Waals surface area contributed by atoms with Gasteiger partial charge in [-0.1, -0.05) is 51.2 Å². The molecule has 3 rings (SSSR count). The Kier molecular flexibility index (Phi) is 8.41. The molecule has 3 aromatic rings. The number of aryl methyl sites for hydroxylation is 1. The standard InChI is InChI=1S/C26H29N3O/c1-2-3-4-5-6-7-8-23-18-28-26(29-19-23)24-13-15-25(16-14-24)30-20-22-11-9-21(17-27)10-12-22/h9-16,18-19H,2-8,20H2,1H3. The van der Waals surface area contributed by atoms with E-state index in [0.717, 1.165) is 29.1 Å². The van der Waals surface area contributed by atoms with Crippen LogP contribution in [0.2, 0.25) is 0 Å². The second-order valence-corrected chi connectivity index (χ2v) is 7.55. The molecule has 30 heavy (non-hydrogen) atoms. The first-order chi connectivity index (χ1) is 14.8. The molecule has 2 aromatic carbocycles. The highest BCUT2D eigenvalue weighted by molar-refractivity contribution is 5.55. The normalized spacial score (nSPS) is 10.5. The Morgan fingerprint density at radius 2 is 1.47 bits per heavy atom. The first kappa shape index (κ1) is 21.5. The number of aromatic nitrogens is 2. The van der Waals surface area contributed by atoms with Gasteiger partial charge < -0.3 is 4.74 Å². The largest absolute Gasteiger partial charge is 0.489 e. The number of unbranched alkanes of at least 4 members (excludes halogenated alkanes) is 5. The molecular formula is C26H29N3O. The van der Waals surface area contributed by atoms with E-state index in [-0.39, 0.29) is 0 Å². The molecule has 0 unspecified atom stereocenters. The fourth-order valence-corrected chi connectivity index (χ4v) is 3.28. The molecule has 0 saturated heterocycles. The lowest BCUT2D eigenvalue weighted by Gasteiger charge is -2.08. The van der Waals surface area contributed by atoms with Gasteiger partial charge in [-0.15, -0.1) is 0 Å². The van der Waals surface area contributed by atoms with Crippen LogP contribution in [0.3, 0.4) is 0 Å². The minimum atomic E-state index is 0.467. The quantitative estimate of drug-likeness (QED) is 0.345. The Morgan fingerprint density at radius 3 is 2.13 bits per heavy atom. The third kappa shape index (κ3) is 6.70. The number of hydrogen-bond donors (Lipinski definition) is 0. The van der Waals surface area contributed by atoms with Crippen LogP contribution in [0.15, 0.2) is 60.9 Å². The van der Waals surface area contributed by atoms with Crippen molar-refractivity contribution < 1.29 is 4.74 Å². The summed E-state index contributed by atoms with van der Waals surface area (Å²) >= 11 is 0. The second kappa shape index (κ2) is 11.7. The van der Waals surface area contributed by atoms with Crippen molar-refractivity contribution in [3.63, 3.8) is 0 Å². The SMILES string of the molecule is CCCCCCCCc1cnc(-c2ccc(OCc3ccc(C#N)cc3)cc2)nc1. The first-order valence-electron chi connectivity index (χ1n) is 10.8. The molecule has 0 N–H and O–H groups in total. The van der Waals surface area contributed by atoms with Gasteiger partial charge in [-0.05, 0) is 60.4 Å². The predicted molar refractivity (Wildman–Crippen MR) is 120 cm³/mol. The van der Waals surface area contributed by atoms with Gasteiger partial charge in [-0.25, -0.2) is 9.97 Å². The van der Waals surface area contributed by atoms with Gasteiger partial charge in [0.2, 0.25) is 0 Å². The van der Waals surface area contributed by atoms with E-state index in [1.807, 2.05) is 48.8 Å². The van der Waals surface area contributed by atoms with Crippen LogP contribution in [0.5, 0.6) is 5.75 Å². The zero-order valence-corrected chi connectivity index (χ0v) is 17.7. The zero-order valence-electron chi connectivity index (χ0n) is 17.7. The van der Waals surface area contributed by atoms with Crippen LogP contribution in [0.4, 0.5) is 0 Å². The van der Waals surface area contributed by atoms with Crippen LogP contribution < -0.4 is 4.74 Å². The molecule has 0 amide bonds. The van der Waals surface area contributed by atoms with Crippen LogP contribution >= 0.6 is 0 Å². The van der Waals surface area contributed by atoms with Gasteiger partial charge in [0.05, 0.1) is 11.6 Å². The number of nitriles is 1. The Hall–Kier alpha value is -3.19. The molecule has 4 heteroatoms.